The van der Waals surface area contributed by atoms with Crippen molar-refractivity contribution in [1.82, 2.24) is 15.5 Å². The highest BCUT2D eigenvalue weighted by Gasteiger charge is 2.13. The normalized spacial score (nSPS) is 11.1. The summed E-state index contributed by atoms with van der Waals surface area (Å²) < 4.78 is 30.7. The molecule has 3 aromatic rings. The molecule has 0 unspecified atom stereocenters. The number of hydrogen-bond donors (Lipinski definition) is 2. The van der Waals surface area contributed by atoms with Crippen molar-refractivity contribution < 1.29 is 12.9 Å². The zero-order valence-electron chi connectivity index (χ0n) is 15.6. The molecule has 3 rings (SSSR count). The second-order valence-corrected chi connectivity index (χ2v) is 9.45. The van der Waals surface area contributed by atoms with Gasteiger partial charge in [-0.2, -0.15) is 4.98 Å². The minimum atomic E-state index is -3.34. The lowest BCUT2D eigenvalue weighted by atomic mass is 10.2. The molecule has 0 atom stereocenters. The van der Waals surface area contributed by atoms with E-state index in [0.29, 0.717) is 28.2 Å². The van der Waals surface area contributed by atoms with Crippen LogP contribution in [0.2, 0.25) is 0 Å². The largest absolute Gasteiger partial charge is 0.353 e. The Bertz CT molecular complexity index is 1130. The molecule has 0 radical (unpaired) electrons. The Hall–Kier alpha value is -2.50. The number of anilines is 2. The van der Waals surface area contributed by atoms with E-state index in [-0.39, 0.29) is 6.54 Å². The molecule has 0 aliphatic heterocycles. The third-order valence-corrected chi connectivity index (χ3v) is 5.86. The number of halogens is 1. The van der Waals surface area contributed by atoms with Gasteiger partial charge < -0.3 is 15.2 Å². The van der Waals surface area contributed by atoms with E-state index in [1.807, 2.05) is 24.3 Å². The van der Waals surface area contributed by atoms with Crippen LogP contribution < -0.4 is 14.9 Å². The van der Waals surface area contributed by atoms with E-state index >= 15 is 0 Å². The van der Waals surface area contributed by atoms with Gasteiger partial charge in [-0.15, -0.1) is 0 Å². The van der Waals surface area contributed by atoms with Gasteiger partial charge in [0.25, 0.3) is 0 Å². The fraction of sp³-hybridized carbons (Fsp3) is 0.167. The first-order chi connectivity index (χ1) is 13.7. The molecule has 152 valence electrons. The van der Waals surface area contributed by atoms with Gasteiger partial charge in [0.2, 0.25) is 21.7 Å². The van der Waals surface area contributed by atoms with Crippen molar-refractivity contribution >= 4 is 54.7 Å². The van der Waals surface area contributed by atoms with Crippen LogP contribution in [-0.4, -0.2) is 37.0 Å². The summed E-state index contributed by atoms with van der Waals surface area (Å²) in [6.07, 6.45) is 1.14. The van der Waals surface area contributed by atoms with E-state index in [1.165, 1.54) is 11.4 Å². The van der Waals surface area contributed by atoms with Gasteiger partial charge in [-0.1, -0.05) is 39.3 Å². The number of nitrogens with zero attached hydrogens (tertiary/aromatic N) is 3. The number of aromatic nitrogens is 2. The van der Waals surface area contributed by atoms with Crippen LogP contribution in [0.1, 0.15) is 5.89 Å². The lowest BCUT2D eigenvalue weighted by molar-refractivity contribution is 0.376. The van der Waals surface area contributed by atoms with Gasteiger partial charge in [0.05, 0.1) is 18.5 Å². The Morgan fingerprint density at radius 3 is 2.72 bits per heavy atom. The highest BCUT2D eigenvalue weighted by Crippen LogP contribution is 2.21. The summed E-state index contributed by atoms with van der Waals surface area (Å²) in [7, 11) is -1.85. The maximum atomic E-state index is 11.7. The molecule has 0 bridgehead atoms. The van der Waals surface area contributed by atoms with E-state index < -0.39 is 10.0 Å². The molecule has 0 aliphatic rings. The van der Waals surface area contributed by atoms with Crippen molar-refractivity contribution in [1.29, 1.82) is 0 Å². The molecule has 8 nitrogen and oxygen atoms in total. The molecule has 0 saturated carbocycles. The first-order valence-electron chi connectivity index (χ1n) is 8.40. The fourth-order valence-electron chi connectivity index (χ4n) is 2.37. The maximum absolute atomic E-state index is 11.7. The zero-order valence-corrected chi connectivity index (χ0v) is 18.8. The van der Waals surface area contributed by atoms with E-state index in [1.54, 1.807) is 24.3 Å². The zero-order chi connectivity index (χ0) is 21.0. The van der Waals surface area contributed by atoms with E-state index in [4.69, 9.17) is 16.7 Å². The van der Waals surface area contributed by atoms with E-state index in [9.17, 15) is 8.42 Å². The molecule has 1 heterocycles. The van der Waals surface area contributed by atoms with Gasteiger partial charge in [-0.3, -0.25) is 4.31 Å². The van der Waals surface area contributed by atoms with Crippen LogP contribution in [0.4, 0.5) is 11.4 Å². The second kappa shape index (κ2) is 8.89. The van der Waals surface area contributed by atoms with Crippen LogP contribution in [0.15, 0.2) is 57.5 Å². The average Bonchev–Trinajstić information content (AvgIpc) is 3.14. The standard InChI is InChI=1S/C18H18BrN5O3S2/c1-24(29(2,25)26)15-8-4-7-14(10-15)21-18(28)20-11-16-22-17(23-27-16)12-5-3-6-13(19)9-12/h3-10H,11H2,1-2H3,(H2,20,21,28). The van der Waals surface area contributed by atoms with E-state index in [2.05, 4.69) is 36.7 Å². The minimum absolute atomic E-state index is 0.246. The molecular formula is C18H18BrN5O3S2. The molecule has 1 aromatic heterocycles. The second-order valence-electron chi connectivity index (χ2n) is 6.11. The summed E-state index contributed by atoms with van der Waals surface area (Å²) in [6.45, 7) is 0.246. The Kier molecular flexibility index (Phi) is 6.50. The van der Waals surface area contributed by atoms with Crippen molar-refractivity contribution in [3.8, 4) is 11.4 Å². The first kappa shape index (κ1) is 21.2. The van der Waals surface area contributed by atoms with Crippen LogP contribution in [0.3, 0.4) is 0 Å². The Morgan fingerprint density at radius 1 is 1.24 bits per heavy atom. The van der Waals surface area contributed by atoms with Crippen LogP contribution in [0.25, 0.3) is 11.4 Å². The molecule has 0 aliphatic carbocycles. The van der Waals surface area contributed by atoms with Gasteiger partial charge in [-0.25, -0.2) is 8.42 Å². The predicted octanol–water partition coefficient (Wildman–Crippen LogP) is 3.38. The Labute approximate surface area is 182 Å². The molecule has 11 heteroatoms. The highest BCUT2D eigenvalue weighted by atomic mass is 79.9. The third-order valence-electron chi connectivity index (χ3n) is 3.92. The van der Waals surface area contributed by atoms with Gasteiger partial charge in [0.15, 0.2) is 5.11 Å². The molecule has 0 spiro atoms. The number of hydrogen-bond acceptors (Lipinski definition) is 6. The average molecular weight is 496 g/mol. The van der Waals surface area contributed by atoms with Crippen molar-refractivity contribution in [2.45, 2.75) is 6.54 Å². The van der Waals surface area contributed by atoms with Crippen molar-refractivity contribution in [3.63, 3.8) is 0 Å². The number of rotatable bonds is 6. The quantitative estimate of drug-likeness (QED) is 0.501. The third kappa shape index (κ3) is 5.75. The monoisotopic (exact) mass is 495 g/mol. The molecule has 0 saturated heterocycles. The van der Waals surface area contributed by atoms with Crippen molar-refractivity contribution in [2.75, 3.05) is 22.9 Å². The molecule has 29 heavy (non-hydrogen) atoms. The fourth-order valence-corrected chi connectivity index (χ4v) is 3.46. The molecular weight excluding hydrogens is 478 g/mol. The summed E-state index contributed by atoms with van der Waals surface area (Å²) in [5.41, 5.74) is 2.01. The number of nitrogens with one attached hydrogen (secondary N) is 2. The van der Waals surface area contributed by atoms with Crippen LogP contribution in [0.5, 0.6) is 0 Å². The topological polar surface area (TPSA) is 100 Å². The lowest BCUT2D eigenvalue weighted by Gasteiger charge is -2.18. The minimum Gasteiger partial charge on any atom is -0.353 e. The smallest absolute Gasteiger partial charge is 0.246 e. The van der Waals surface area contributed by atoms with Gasteiger partial charge >= 0.3 is 0 Å². The molecule has 0 fully saturated rings. The molecule has 0 amide bonds. The van der Waals surface area contributed by atoms with E-state index in [0.717, 1.165) is 16.3 Å². The van der Waals surface area contributed by atoms with Crippen LogP contribution >= 0.6 is 28.1 Å². The lowest BCUT2D eigenvalue weighted by Crippen LogP contribution is -2.28. The summed E-state index contributed by atoms with van der Waals surface area (Å²) in [4.78, 5) is 4.34. The summed E-state index contributed by atoms with van der Waals surface area (Å²) in [5.74, 6) is 0.869. The summed E-state index contributed by atoms with van der Waals surface area (Å²) in [5, 5.41) is 10.3. The van der Waals surface area contributed by atoms with Crippen molar-refractivity contribution in [3.05, 3.63) is 58.9 Å². The first-order valence-corrected chi connectivity index (χ1v) is 11.4. The predicted molar refractivity (Wildman–Crippen MR) is 120 cm³/mol. The van der Waals surface area contributed by atoms with Crippen LogP contribution in [0, 0.1) is 0 Å². The number of benzene rings is 2. The van der Waals surface area contributed by atoms with Crippen molar-refractivity contribution in [2.24, 2.45) is 0 Å². The SMILES string of the molecule is CN(c1cccc(NC(=S)NCc2nc(-c3cccc(Br)c3)no2)c1)S(C)(=O)=O. The van der Waals surface area contributed by atoms with Crippen LogP contribution in [-0.2, 0) is 16.6 Å². The van der Waals surface area contributed by atoms with Gasteiger partial charge in [-0.05, 0) is 42.5 Å². The summed E-state index contributed by atoms with van der Waals surface area (Å²) in [6, 6.07) is 14.5. The Morgan fingerprint density at radius 2 is 2.00 bits per heavy atom. The number of sulfonamides is 1. The van der Waals surface area contributed by atoms with Gasteiger partial charge in [0.1, 0.15) is 0 Å². The highest BCUT2D eigenvalue weighted by molar-refractivity contribution is 9.10. The Balaban J connectivity index is 1.60. The number of thiocarbonyl (C=S) groups is 1. The molecule has 2 N–H and O–H groups in total. The summed E-state index contributed by atoms with van der Waals surface area (Å²) >= 11 is 8.70. The van der Waals surface area contributed by atoms with Gasteiger partial charge in [0, 0.05) is 22.8 Å². The molecule has 2 aromatic carbocycles. The maximum Gasteiger partial charge on any atom is 0.246 e.